The zero-order valence-electron chi connectivity index (χ0n) is 9.16. The normalized spacial score (nSPS) is 13.1. The first-order valence-corrected chi connectivity index (χ1v) is 6.30. The van der Waals surface area contributed by atoms with Crippen LogP contribution in [0.15, 0.2) is 12.4 Å². The Morgan fingerprint density at radius 1 is 1.64 bits per heavy atom. The van der Waals surface area contributed by atoms with Gasteiger partial charge >= 0.3 is 0 Å². The molecule has 0 aliphatic carbocycles. The maximum Gasteiger partial charge on any atom is 0.0534 e. The Kier molecular flexibility index (Phi) is 5.04. The molecule has 0 saturated carbocycles. The average molecular weight is 213 g/mol. The number of nitrogens with one attached hydrogen (secondary N) is 1. The first-order chi connectivity index (χ1) is 6.76. The Morgan fingerprint density at radius 2 is 2.43 bits per heavy atom. The largest absolute Gasteiger partial charge is 0.311 e. The van der Waals surface area contributed by atoms with Gasteiger partial charge in [-0.2, -0.15) is 16.9 Å². The molecular formula is C10H19N3S. The lowest BCUT2D eigenvalue weighted by molar-refractivity contribution is 0.655. The Bertz CT molecular complexity index is 260. The van der Waals surface area contributed by atoms with Gasteiger partial charge in [0.2, 0.25) is 0 Å². The van der Waals surface area contributed by atoms with Crippen molar-refractivity contribution in [3.05, 3.63) is 18.0 Å². The van der Waals surface area contributed by atoms with E-state index in [4.69, 9.17) is 0 Å². The van der Waals surface area contributed by atoms with Crippen LogP contribution >= 0.6 is 11.8 Å². The van der Waals surface area contributed by atoms with Gasteiger partial charge < -0.3 is 5.32 Å². The van der Waals surface area contributed by atoms with Gasteiger partial charge in [-0.1, -0.05) is 6.92 Å². The topological polar surface area (TPSA) is 29.9 Å². The van der Waals surface area contributed by atoms with Crippen molar-refractivity contribution in [2.45, 2.75) is 32.2 Å². The SMILES string of the molecule is CCn1cc(CNCC(C)SC)cn1. The minimum absolute atomic E-state index is 0.677. The van der Waals surface area contributed by atoms with Crippen LogP contribution in [0, 0.1) is 0 Å². The fourth-order valence-electron chi connectivity index (χ4n) is 1.17. The van der Waals surface area contributed by atoms with Crippen LogP contribution in [0.4, 0.5) is 0 Å². The molecule has 3 nitrogen and oxygen atoms in total. The number of hydrogen-bond donors (Lipinski definition) is 1. The van der Waals surface area contributed by atoms with Crippen LogP contribution in [-0.2, 0) is 13.1 Å². The second-order valence-electron chi connectivity index (χ2n) is 3.38. The third kappa shape index (κ3) is 3.72. The summed E-state index contributed by atoms with van der Waals surface area (Å²) >= 11 is 1.89. The molecule has 0 radical (unpaired) electrons. The molecule has 0 bridgehead atoms. The van der Waals surface area contributed by atoms with Crippen molar-refractivity contribution in [3.63, 3.8) is 0 Å². The van der Waals surface area contributed by atoms with E-state index in [1.54, 1.807) is 0 Å². The summed E-state index contributed by atoms with van der Waals surface area (Å²) in [5.74, 6) is 0. The first-order valence-electron chi connectivity index (χ1n) is 5.01. The molecule has 0 aliphatic rings. The summed E-state index contributed by atoms with van der Waals surface area (Å²) in [6, 6.07) is 0. The summed E-state index contributed by atoms with van der Waals surface area (Å²) in [7, 11) is 0. The lowest BCUT2D eigenvalue weighted by Gasteiger charge is -2.08. The van der Waals surface area contributed by atoms with Gasteiger partial charge in [-0.15, -0.1) is 0 Å². The predicted octanol–water partition coefficient (Wildman–Crippen LogP) is 1.74. The minimum Gasteiger partial charge on any atom is -0.311 e. The van der Waals surface area contributed by atoms with Crippen molar-refractivity contribution in [1.29, 1.82) is 0 Å². The van der Waals surface area contributed by atoms with E-state index in [-0.39, 0.29) is 0 Å². The molecule has 1 aromatic heterocycles. The predicted molar refractivity (Wildman–Crippen MR) is 62.6 cm³/mol. The molecule has 0 aliphatic heterocycles. The molecule has 1 atom stereocenters. The molecule has 1 rings (SSSR count). The molecule has 0 saturated heterocycles. The van der Waals surface area contributed by atoms with Gasteiger partial charge in [-0.05, 0) is 13.2 Å². The minimum atomic E-state index is 0.677. The van der Waals surface area contributed by atoms with Gasteiger partial charge in [-0.3, -0.25) is 4.68 Å². The van der Waals surface area contributed by atoms with Gasteiger partial charge in [0, 0.05) is 36.6 Å². The van der Waals surface area contributed by atoms with Crippen LogP contribution in [0.1, 0.15) is 19.4 Å². The molecule has 0 aromatic carbocycles. The zero-order valence-corrected chi connectivity index (χ0v) is 9.97. The summed E-state index contributed by atoms with van der Waals surface area (Å²) in [4.78, 5) is 0. The molecule has 0 fully saturated rings. The molecule has 1 N–H and O–H groups in total. The highest BCUT2D eigenvalue weighted by molar-refractivity contribution is 7.99. The third-order valence-electron chi connectivity index (χ3n) is 2.17. The second kappa shape index (κ2) is 6.09. The maximum atomic E-state index is 4.22. The van der Waals surface area contributed by atoms with E-state index in [0.29, 0.717) is 5.25 Å². The number of hydrogen-bond acceptors (Lipinski definition) is 3. The van der Waals surface area contributed by atoms with Gasteiger partial charge in [0.1, 0.15) is 0 Å². The fourth-order valence-corrected chi connectivity index (χ4v) is 1.46. The Hall–Kier alpha value is -0.480. The second-order valence-corrected chi connectivity index (χ2v) is 4.66. The van der Waals surface area contributed by atoms with Gasteiger partial charge in [-0.25, -0.2) is 0 Å². The summed E-state index contributed by atoms with van der Waals surface area (Å²) in [5, 5.41) is 8.32. The summed E-state index contributed by atoms with van der Waals surface area (Å²) in [6.07, 6.45) is 6.17. The molecule has 14 heavy (non-hydrogen) atoms. The van der Waals surface area contributed by atoms with Gasteiger partial charge in [0.25, 0.3) is 0 Å². The lowest BCUT2D eigenvalue weighted by atomic mass is 10.3. The monoisotopic (exact) mass is 213 g/mol. The number of thioether (sulfide) groups is 1. The number of aromatic nitrogens is 2. The van der Waals surface area contributed by atoms with Crippen LogP contribution < -0.4 is 5.32 Å². The van der Waals surface area contributed by atoms with E-state index in [1.165, 1.54) is 5.56 Å². The van der Waals surface area contributed by atoms with Crippen molar-refractivity contribution >= 4 is 11.8 Å². The van der Waals surface area contributed by atoms with Crippen molar-refractivity contribution in [1.82, 2.24) is 15.1 Å². The van der Waals surface area contributed by atoms with Crippen LogP contribution in [0.2, 0.25) is 0 Å². The molecule has 1 unspecified atom stereocenters. The summed E-state index contributed by atoms with van der Waals surface area (Å²) in [6.45, 7) is 7.25. The van der Waals surface area contributed by atoms with Crippen molar-refractivity contribution < 1.29 is 0 Å². The Balaban J connectivity index is 2.24. The van der Waals surface area contributed by atoms with Crippen LogP contribution in [0.5, 0.6) is 0 Å². The van der Waals surface area contributed by atoms with Crippen LogP contribution in [0.25, 0.3) is 0 Å². The van der Waals surface area contributed by atoms with Crippen LogP contribution in [-0.4, -0.2) is 27.8 Å². The van der Waals surface area contributed by atoms with E-state index in [9.17, 15) is 0 Å². The third-order valence-corrected chi connectivity index (χ3v) is 3.15. The number of nitrogens with zero attached hydrogens (tertiary/aromatic N) is 2. The summed E-state index contributed by atoms with van der Waals surface area (Å²) in [5.41, 5.74) is 1.26. The average Bonchev–Trinajstić information content (AvgIpc) is 2.65. The molecular weight excluding hydrogens is 194 g/mol. The standard InChI is InChI=1S/C10H19N3S/c1-4-13-8-10(7-12-13)6-11-5-9(2)14-3/h7-9,11H,4-6H2,1-3H3. The molecule has 80 valence electrons. The molecule has 4 heteroatoms. The highest BCUT2D eigenvalue weighted by Crippen LogP contribution is 2.03. The van der Waals surface area contributed by atoms with E-state index in [2.05, 4.69) is 36.7 Å². The fraction of sp³-hybridized carbons (Fsp3) is 0.700. The Morgan fingerprint density at radius 3 is 3.00 bits per heavy atom. The number of rotatable bonds is 6. The number of aryl methyl sites for hydroxylation is 1. The highest BCUT2D eigenvalue weighted by atomic mass is 32.2. The van der Waals surface area contributed by atoms with Crippen molar-refractivity contribution in [2.75, 3.05) is 12.8 Å². The first kappa shape index (κ1) is 11.6. The van der Waals surface area contributed by atoms with E-state index in [0.717, 1.165) is 19.6 Å². The van der Waals surface area contributed by atoms with Gasteiger partial charge in [0.05, 0.1) is 6.20 Å². The Labute approximate surface area is 90.3 Å². The zero-order chi connectivity index (χ0) is 10.4. The maximum absolute atomic E-state index is 4.22. The van der Waals surface area contributed by atoms with Crippen LogP contribution in [0.3, 0.4) is 0 Å². The molecule has 0 spiro atoms. The van der Waals surface area contributed by atoms with Crippen molar-refractivity contribution in [3.8, 4) is 0 Å². The van der Waals surface area contributed by atoms with Crippen molar-refractivity contribution in [2.24, 2.45) is 0 Å². The smallest absolute Gasteiger partial charge is 0.0534 e. The molecule has 1 heterocycles. The van der Waals surface area contributed by atoms with E-state index < -0.39 is 0 Å². The summed E-state index contributed by atoms with van der Waals surface area (Å²) < 4.78 is 1.95. The van der Waals surface area contributed by atoms with E-state index in [1.807, 2.05) is 22.6 Å². The lowest BCUT2D eigenvalue weighted by Crippen LogP contribution is -2.21. The van der Waals surface area contributed by atoms with E-state index >= 15 is 0 Å². The molecule has 0 amide bonds. The molecule has 1 aromatic rings. The highest BCUT2D eigenvalue weighted by Gasteiger charge is 2.00. The van der Waals surface area contributed by atoms with Gasteiger partial charge in [0.15, 0.2) is 0 Å². The quantitative estimate of drug-likeness (QED) is 0.780.